The minimum Gasteiger partial charge on any atom is -0.494 e. The van der Waals surface area contributed by atoms with E-state index in [1.807, 2.05) is 12.1 Å². The Morgan fingerprint density at radius 1 is 1.00 bits per heavy atom. The molecule has 0 aliphatic heterocycles. The number of hydrogen-bond donors (Lipinski definition) is 1. The summed E-state index contributed by atoms with van der Waals surface area (Å²) in [5.74, 6) is 1.71. The average molecular weight is 406 g/mol. The molecule has 0 fully saturated rings. The van der Waals surface area contributed by atoms with Gasteiger partial charge in [-0.3, -0.25) is 4.79 Å². The van der Waals surface area contributed by atoms with E-state index in [0.717, 1.165) is 17.7 Å². The van der Waals surface area contributed by atoms with Gasteiger partial charge in [0.15, 0.2) is 11.5 Å². The lowest BCUT2D eigenvalue weighted by Crippen LogP contribution is -2.22. The van der Waals surface area contributed by atoms with Gasteiger partial charge < -0.3 is 19.5 Å². The van der Waals surface area contributed by atoms with Gasteiger partial charge in [0.25, 0.3) is 5.91 Å². The number of carbonyl (C=O) groups excluding carboxylic acids is 1. The fourth-order valence-corrected chi connectivity index (χ4v) is 2.95. The van der Waals surface area contributed by atoms with E-state index in [2.05, 4.69) is 12.2 Å². The number of rotatable bonds is 11. The Balaban J connectivity index is 1.89. The number of hydrogen-bond acceptors (Lipinski definition) is 4. The first-order chi connectivity index (χ1) is 13.6. The Morgan fingerprint density at radius 2 is 1.68 bits per heavy atom. The maximum atomic E-state index is 12.4. The molecule has 0 saturated carbocycles. The van der Waals surface area contributed by atoms with Crippen LogP contribution in [0.2, 0.25) is 5.02 Å². The molecule has 0 aliphatic rings. The third-order valence-corrected chi connectivity index (χ3v) is 4.73. The summed E-state index contributed by atoms with van der Waals surface area (Å²) in [7, 11) is 3.11. The number of ether oxygens (including phenoxy) is 3. The van der Waals surface area contributed by atoms with Crippen LogP contribution in [-0.4, -0.2) is 26.7 Å². The summed E-state index contributed by atoms with van der Waals surface area (Å²) in [6.07, 6.45) is 4.66. The highest BCUT2D eigenvalue weighted by Gasteiger charge is 2.12. The molecule has 2 aromatic carbocycles. The molecule has 0 saturated heterocycles. The van der Waals surface area contributed by atoms with Crippen LogP contribution >= 0.6 is 11.6 Å². The molecule has 2 aromatic rings. The van der Waals surface area contributed by atoms with Crippen molar-refractivity contribution in [2.24, 2.45) is 0 Å². The number of unbranched alkanes of at least 4 members (excludes halogenated alkanes) is 3. The van der Waals surface area contributed by atoms with E-state index in [1.54, 1.807) is 38.5 Å². The lowest BCUT2D eigenvalue weighted by Gasteiger charge is -2.12. The van der Waals surface area contributed by atoms with Crippen molar-refractivity contribution < 1.29 is 19.0 Å². The second kappa shape index (κ2) is 11.4. The van der Waals surface area contributed by atoms with Crippen molar-refractivity contribution in [2.75, 3.05) is 20.8 Å². The first kappa shape index (κ1) is 21.9. The van der Waals surface area contributed by atoms with Gasteiger partial charge in [-0.15, -0.1) is 0 Å². The zero-order chi connectivity index (χ0) is 20.4. The van der Waals surface area contributed by atoms with E-state index < -0.39 is 0 Å². The Labute approximate surface area is 171 Å². The van der Waals surface area contributed by atoms with E-state index in [-0.39, 0.29) is 12.5 Å². The zero-order valence-electron chi connectivity index (χ0n) is 16.7. The number of carbonyl (C=O) groups is 1. The molecule has 6 heteroatoms. The monoisotopic (exact) mass is 405 g/mol. The molecule has 5 nitrogen and oxygen atoms in total. The van der Waals surface area contributed by atoms with Crippen LogP contribution in [0.5, 0.6) is 17.2 Å². The summed E-state index contributed by atoms with van der Waals surface area (Å²) in [6.45, 7) is 3.17. The van der Waals surface area contributed by atoms with Crippen molar-refractivity contribution in [2.45, 2.75) is 39.2 Å². The van der Waals surface area contributed by atoms with Gasteiger partial charge in [0.2, 0.25) is 0 Å². The first-order valence-corrected chi connectivity index (χ1v) is 9.88. The van der Waals surface area contributed by atoms with Crippen LogP contribution in [0, 0.1) is 0 Å². The van der Waals surface area contributed by atoms with E-state index in [9.17, 15) is 4.79 Å². The van der Waals surface area contributed by atoms with Gasteiger partial charge in [0.05, 0.1) is 20.8 Å². The summed E-state index contributed by atoms with van der Waals surface area (Å²) >= 11 is 6.26. The van der Waals surface area contributed by atoms with E-state index in [1.165, 1.54) is 19.3 Å². The molecule has 0 aliphatic carbocycles. The summed E-state index contributed by atoms with van der Waals surface area (Å²) in [5.41, 5.74) is 1.31. The number of methoxy groups -OCH3 is 2. The predicted molar refractivity (Wildman–Crippen MR) is 112 cm³/mol. The average Bonchev–Trinajstić information content (AvgIpc) is 2.72. The highest BCUT2D eigenvalue weighted by molar-refractivity contribution is 6.31. The highest BCUT2D eigenvalue weighted by Crippen LogP contribution is 2.33. The molecule has 1 amide bonds. The molecule has 0 heterocycles. The van der Waals surface area contributed by atoms with E-state index in [0.29, 0.717) is 28.7 Å². The first-order valence-electron chi connectivity index (χ1n) is 9.50. The van der Waals surface area contributed by atoms with E-state index in [4.69, 9.17) is 25.8 Å². The predicted octanol–water partition coefficient (Wildman–Crippen LogP) is 5.25. The minimum atomic E-state index is -0.180. The lowest BCUT2D eigenvalue weighted by molar-refractivity contribution is 0.0951. The fourth-order valence-electron chi connectivity index (χ4n) is 2.73. The van der Waals surface area contributed by atoms with Crippen molar-refractivity contribution >= 4 is 17.5 Å². The van der Waals surface area contributed by atoms with Crippen LogP contribution in [-0.2, 0) is 6.54 Å². The Morgan fingerprint density at radius 3 is 2.32 bits per heavy atom. The molecule has 0 atom stereocenters. The molecule has 0 spiro atoms. The maximum absolute atomic E-state index is 12.4. The van der Waals surface area contributed by atoms with Crippen molar-refractivity contribution in [1.29, 1.82) is 0 Å². The van der Waals surface area contributed by atoms with Gasteiger partial charge in [0.1, 0.15) is 5.75 Å². The molecule has 152 valence electrons. The quantitative estimate of drug-likeness (QED) is 0.519. The van der Waals surface area contributed by atoms with E-state index >= 15 is 0 Å². The van der Waals surface area contributed by atoms with Crippen molar-refractivity contribution in [3.63, 3.8) is 0 Å². The second-order valence-corrected chi connectivity index (χ2v) is 6.82. The van der Waals surface area contributed by atoms with Gasteiger partial charge in [0, 0.05) is 23.2 Å². The molecule has 0 bridgehead atoms. The molecule has 2 rings (SSSR count). The summed E-state index contributed by atoms with van der Waals surface area (Å²) < 4.78 is 16.2. The van der Waals surface area contributed by atoms with Gasteiger partial charge in [-0.2, -0.15) is 0 Å². The van der Waals surface area contributed by atoms with Crippen molar-refractivity contribution in [3.8, 4) is 17.2 Å². The molecule has 28 heavy (non-hydrogen) atoms. The number of nitrogens with one attached hydrogen (secondary N) is 1. The van der Waals surface area contributed by atoms with Crippen molar-refractivity contribution in [1.82, 2.24) is 5.32 Å². The number of amides is 1. The summed E-state index contributed by atoms with van der Waals surface area (Å²) in [4.78, 5) is 12.4. The largest absolute Gasteiger partial charge is 0.494 e. The Kier molecular flexibility index (Phi) is 8.95. The Bertz CT molecular complexity index is 762. The summed E-state index contributed by atoms with van der Waals surface area (Å²) in [6, 6.07) is 10.6. The SMILES string of the molecule is CCCCCCOc1ccc(C(=O)NCc2cc(OC)c(OC)cc2Cl)cc1. The number of benzene rings is 2. The van der Waals surface area contributed by atoms with Crippen molar-refractivity contribution in [3.05, 3.63) is 52.5 Å². The highest BCUT2D eigenvalue weighted by atomic mass is 35.5. The van der Waals surface area contributed by atoms with Gasteiger partial charge in [-0.1, -0.05) is 37.8 Å². The zero-order valence-corrected chi connectivity index (χ0v) is 17.5. The molecule has 1 N–H and O–H groups in total. The molecular weight excluding hydrogens is 378 g/mol. The third-order valence-electron chi connectivity index (χ3n) is 4.38. The van der Waals surface area contributed by atoms with Crippen LogP contribution in [0.3, 0.4) is 0 Å². The molecule has 0 unspecified atom stereocenters. The normalized spacial score (nSPS) is 10.4. The van der Waals surface area contributed by atoms with Crippen LogP contribution < -0.4 is 19.5 Å². The minimum absolute atomic E-state index is 0.180. The summed E-state index contributed by atoms with van der Waals surface area (Å²) in [5, 5.41) is 3.37. The van der Waals surface area contributed by atoms with Crippen LogP contribution in [0.25, 0.3) is 0 Å². The smallest absolute Gasteiger partial charge is 0.251 e. The third kappa shape index (κ3) is 6.34. The van der Waals surface area contributed by atoms with Gasteiger partial charge in [-0.25, -0.2) is 0 Å². The molecule has 0 aromatic heterocycles. The molecule has 0 radical (unpaired) electrons. The van der Waals surface area contributed by atoms with Gasteiger partial charge >= 0.3 is 0 Å². The van der Waals surface area contributed by atoms with Crippen LogP contribution in [0.15, 0.2) is 36.4 Å². The maximum Gasteiger partial charge on any atom is 0.251 e. The molecular formula is C22H28ClNO4. The topological polar surface area (TPSA) is 56.8 Å². The standard InChI is InChI=1S/C22H28ClNO4/c1-4-5-6-7-12-28-18-10-8-16(9-11-18)22(25)24-15-17-13-20(26-2)21(27-3)14-19(17)23/h8-11,13-14H,4-7,12,15H2,1-3H3,(H,24,25). The fraction of sp³-hybridized carbons (Fsp3) is 0.409. The number of halogens is 1. The second-order valence-electron chi connectivity index (χ2n) is 6.41. The van der Waals surface area contributed by atoms with Crippen LogP contribution in [0.4, 0.5) is 0 Å². The van der Waals surface area contributed by atoms with Crippen LogP contribution in [0.1, 0.15) is 48.5 Å². The lowest BCUT2D eigenvalue weighted by atomic mass is 10.1. The Hall–Kier alpha value is -2.40. The van der Waals surface area contributed by atoms with Gasteiger partial charge in [-0.05, 0) is 42.3 Å².